The summed E-state index contributed by atoms with van der Waals surface area (Å²) in [6.45, 7) is 0.141. The van der Waals surface area contributed by atoms with Gasteiger partial charge in [-0.1, -0.05) is 54.1 Å². The molecule has 1 aliphatic rings. The minimum absolute atomic E-state index is 0.0531. The maximum atomic E-state index is 14.1. The normalized spacial score (nSPS) is 21.2. The molecule has 0 amide bonds. The number of rotatable bonds is 4. The number of benzene rings is 3. The van der Waals surface area contributed by atoms with Gasteiger partial charge in [0.25, 0.3) is 0 Å². The molecule has 31 heavy (non-hydrogen) atoms. The summed E-state index contributed by atoms with van der Waals surface area (Å²) in [6.07, 6.45) is 0. The average Bonchev–Trinajstić information content (AvgIpc) is 3.18. The van der Waals surface area contributed by atoms with E-state index in [1.807, 2.05) is 30.3 Å². The third-order valence-electron chi connectivity index (χ3n) is 5.47. The molecule has 9 heteroatoms. The monoisotopic (exact) mass is 458 g/mol. The lowest BCUT2D eigenvalue weighted by Crippen LogP contribution is -2.53. The van der Waals surface area contributed by atoms with Gasteiger partial charge in [0.05, 0.1) is 4.90 Å². The number of nitrogens with two attached hydrogens (primary N) is 1. The maximum absolute atomic E-state index is 14.1. The summed E-state index contributed by atoms with van der Waals surface area (Å²) in [6, 6.07) is 20.3. The largest absolute Gasteiger partial charge is 0.369 e. The van der Waals surface area contributed by atoms with E-state index >= 15 is 0 Å². The second-order valence-electron chi connectivity index (χ2n) is 7.27. The fourth-order valence-electron chi connectivity index (χ4n) is 3.98. The fourth-order valence-corrected chi connectivity index (χ4v) is 6.24. The van der Waals surface area contributed by atoms with Gasteiger partial charge in [0.1, 0.15) is 5.82 Å². The molecule has 160 valence electrons. The van der Waals surface area contributed by atoms with Gasteiger partial charge < -0.3 is 5.73 Å². The van der Waals surface area contributed by atoms with Crippen LogP contribution in [0.4, 0.5) is 4.39 Å². The standard InChI is InChI=1S/C22H20ClFN4O2S/c23-17-8-6-16(7-9-17)22(31(29,30)19-12-10-18(24)11-13-19)20(14-28(27-22)21(25)26)15-4-2-1-3-5-15/h1-13,20,27H,14H2,(H3,25,26). The van der Waals surface area contributed by atoms with Crippen LogP contribution in [0.2, 0.25) is 5.02 Å². The van der Waals surface area contributed by atoms with E-state index in [0.717, 1.165) is 17.7 Å². The average molecular weight is 459 g/mol. The minimum atomic E-state index is -4.16. The quantitative estimate of drug-likeness (QED) is 0.315. The Morgan fingerprint density at radius 2 is 1.68 bits per heavy atom. The van der Waals surface area contributed by atoms with Crippen molar-refractivity contribution in [1.82, 2.24) is 10.4 Å². The second kappa shape index (κ2) is 7.96. The molecule has 4 rings (SSSR count). The Morgan fingerprint density at radius 1 is 1.06 bits per heavy atom. The molecule has 0 radical (unpaired) electrons. The van der Waals surface area contributed by atoms with Crippen LogP contribution in [-0.2, 0) is 14.7 Å². The zero-order valence-corrected chi connectivity index (χ0v) is 17.9. The SMILES string of the molecule is N=C(N)N1CC(c2ccccc2)C(c2ccc(Cl)cc2)(S(=O)(=O)c2ccc(F)cc2)N1. The smallest absolute Gasteiger partial charge is 0.203 e. The van der Waals surface area contributed by atoms with Crippen molar-refractivity contribution in [2.45, 2.75) is 15.7 Å². The lowest BCUT2D eigenvalue weighted by atomic mass is 9.88. The highest BCUT2D eigenvalue weighted by Crippen LogP contribution is 2.48. The van der Waals surface area contributed by atoms with Crippen LogP contribution in [0, 0.1) is 11.2 Å². The van der Waals surface area contributed by atoms with Gasteiger partial charge in [-0.15, -0.1) is 0 Å². The van der Waals surface area contributed by atoms with Gasteiger partial charge in [-0.3, -0.25) is 10.4 Å². The van der Waals surface area contributed by atoms with Gasteiger partial charge in [0, 0.05) is 17.5 Å². The molecule has 2 unspecified atom stereocenters. The first-order chi connectivity index (χ1) is 14.8. The van der Waals surface area contributed by atoms with Crippen LogP contribution in [0.25, 0.3) is 0 Å². The number of hydrogen-bond acceptors (Lipinski definition) is 4. The lowest BCUT2D eigenvalue weighted by Gasteiger charge is -2.35. The number of sulfone groups is 1. The molecule has 6 nitrogen and oxygen atoms in total. The van der Waals surface area contributed by atoms with E-state index < -0.39 is 26.4 Å². The van der Waals surface area contributed by atoms with E-state index in [2.05, 4.69) is 5.43 Å². The van der Waals surface area contributed by atoms with E-state index in [0.29, 0.717) is 10.6 Å². The van der Waals surface area contributed by atoms with Crippen molar-refractivity contribution < 1.29 is 12.8 Å². The molecular weight excluding hydrogens is 439 g/mol. The summed E-state index contributed by atoms with van der Waals surface area (Å²) in [7, 11) is -4.16. The van der Waals surface area contributed by atoms with Crippen LogP contribution < -0.4 is 11.2 Å². The third kappa shape index (κ3) is 3.56. The van der Waals surface area contributed by atoms with Crippen molar-refractivity contribution in [2.75, 3.05) is 6.54 Å². The summed E-state index contributed by atoms with van der Waals surface area (Å²) in [5.41, 5.74) is 9.92. The highest BCUT2D eigenvalue weighted by Gasteiger charge is 2.58. The maximum Gasteiger partial charge on any atom is 0.203 e. The number of hydrazine groups is 1. The molecule has 3 aromatic carbocycles. The molecule has 0 saturated carbocycles. The Hall–Kier alpha value is -2.94. The Morgan fingerprint density at radius 3 is 2.26 bits per heavy atom. The van der Waals surface area contributed by atoms with Crippen molar-refractivity contribution >= 4 is 27.4 Å². The summed E-state index contributed by atoms with van der Waals surface area (Å²) >= 11 is 6.07. The predicted molar refractivity (Wildman–Crippen MR) is 118 cm³/mol. The van der Waals surface area contributed by atoms with Crippen molar-refractivity contribution in [2.24, 2.45) is 5.73 Å². The zero-order chi connectivity index (χ0) is 22.2. The van der Waals surface area contributed by atoms with Crippen LogP contribution >= 0.6 is 11.6 Å². The van der Waals surface area contributed by atoms with Crippen molar-refractivity contribution in [1.29, 1.82) is 5.41 Å². The predicted octanol–water partition coefficient (Wildman–Crippen LogP) is 3.60. The highest BCUT2D eigenvalue weighted by molar-refractivity contribution is 7.92. The Bertz CT molecular complexity index is 1200. The van der Waals surface area contributed by atoms with E-state index in [4.69, 9.17) is 22.7 Å². The molecule has 0 aromatic heterocycles. The number of nitrogens with zero attached hydrogens (tertiary/aromatic N) is 1. The fraction of sp³-hybridized carbons (Fsp3) is 0.136. The first-order valence-corrected chi connectivity index (χ1v) is 11.3. The van der Waals surface area contributed by atoms with Gasteiger partial charge in [-0.25, -0.2) is 18.2 Å². The van der Waals surface area contributed by atoms with Crippen LogP contribution in [0.3, 0.4) is 0 Å². The van der Waals surface area contributed by atoms with Gasteiger partial charge in [0.2, 0.25) is 15.8 Å². The molecule has 1 heterocycles. The molecule has 0 bridgehead atoms. The van der Waals surface area contributed by atoms with E-state index in [1.165, 1.54) is 17.1 Å². The van der Waals surface area contributed by atoms with Gasteiger partial charge in [-0.2, -0.15) is 0 Å². The van der Waals surface area contributed by atoms with E-state index in [1.54, 1.807) is 24.3 Å². The van der Waals surface area contributed by atoms with E-state index in [-0.39, 0.29) is 17.4 Å². The minimum Gasteiger partial charge on any atom is -0.369 e. The van der Waals surface area contributed by atoms with Gasteiger partial charge in [0.15, 0.2) is 4.87 Å². The molecule has 2 atom stereocenters. The Kier molecular flexibility index (Phi) is 5.47. The lowest BCUT2D eigenvalue weighted by molar-refractivity contribution is 0.335. The summed E-state index contributed by atoms with van der Waals surface area (Å²) < 4.78 is 41.8. The summed E-state index contributed by atoms with van der Waals surface area (Å²) in [5, 5.41) is 9.70. The van der Waals surface area contributed by atoms with Gasteiger partial charge >= 0.3 is 0 Å². The third-order valence-corrected chi connectivity index (χ3v) is 8.07. The van der Waals surface area contributed by atoms with Crippen molar-refractivity contribution in [3.8, 4) is 0 Å². The number of hydrogen-bond donors (Lipinski definition) is 3. The van der Waals surface area contributed by atoms with Crippen LogP contribution in [-0.4, -0.2) is 25.9 Å². The zero-order valence-electron chi connectivity index (χ0n) is 16.3. The molecule has 3 aromatic rings. The molecule has 1 saturated heterocycles. The second-order valence-corrected chi connectivity index (χ2v) is 9.83. The first kappa shape index (κ1) is 21.3. The number of halogens is 2. The van der Waals surface area contributed by atoms with Crippen molar-refractivity contribution in [3.05, 3.63) is 101 Å². The Labute approximate surface area is 184 Å². The van der Waals surface area contributed by atoms with Crippen LogP contribution in [0.1, 0.15) is 17.0 Å². The molecule has 0 aliphatic carbocycles. The van der Waals surface area contributed by atoms with Crippen LogP contribution in [0.5, 0.6) is 0 Å². The first-order valence-electron chi connectivity index (χ1n) is 9.46. The molecule has 1 fully saturated rings. The number of guanidine groups is 1. The van der Waals surface area contributed by atoms with Crippen LogP contribution in [0.15, 0.2) is 83.8 Å². The topological polar surface area (TPSA) is 99.3 Å². The summed E-state index contributed by atoms with van der Waals surface area (Å²) in [5.74, 6) is -1.48. The molecule has 0 spiro atoms. The molecule has 1 aliphatic heterocycles. The van der Waals surface area contributed by atoms with Gasteiger partial charge in [-0.05, 0) is 47.5 Å². The van der Waals surface area contributed by atoms with E-state index in [9.17, 15) is 12.8 Å². The molecular formula is C22H20ClFN4O2S. The molecule has 4 N–H and O–H groups in total. The number of nitrogens with one attached hydrogen (secondary N) is 2. The highest BCUT2D eigenvalue weighted by atomic mass is 35.5. The summed E-state index contributed by atoms with van der Waals surface area (Å²) in [4.78, 5) is -1.76. The Balaban J connectivity index is 2.02. The van der Waals surface area contributed by atoms with Crippen molar-refractivity contribution in [3.63, 3.8) is 0 Å².